The number of carbonyl (C=O) groups is 1. The molecule has 1 aliphatic rings. The zero-order valence-corrected chi connectivity index (χ0v) is 22.1. The Hall–Kier alpha value is -2.34. The number of nitrogens with one attached hydrogen (secondary N) is 1. The average molecular weight is 544 g/mol. The van der Waals surface area contributed by atoms with Crippen LogP contribution in [0.5, 0.6) is 5.75 Å². The first-order valence-electron chi connectivity index (χ1n) is 11.3. The molecule has 0 saturated carbocycles. The predicted molar refractivity (Wildman–Crippen MR) is 136 cm³/mol. The predicted octanol–water partition coefficient (Wildman–Crippen LogP) is 2.86. The molecule has 1 saturated heterocycles. The van der Waals surface area contributed by atoms with Gasteiger partial charge in [0.1, 0.15) is 18.4 Å². The van der Waals surface area contributed by atoms with Gasteiger partial charge in [-0.1, -0.05) is 18.0 Å². The van der Waals surface area contributed by atoms with E-state index in [0.29, 0.717) is 29.5 Å². The standard InChI is InChI=1S/C23H30ClN3O6S2/c1-18(27(34(2,29)30)20-8-6-19(24)7-9-20)23(28)25-14-17-33-21-10-12-22(13-11-21)35(31,32)26-15-4-3-5-16-26/h6-13,18H,3-5,14-17H2,1-2H3,(H,25,28). The van der Waals surface area contributed by atoms with Crippen LogP contribution < -0.4 is 14.4 Å². The Labute approximate surface area is 212 Å². The van der Waals surface area contributed by atoms with Gasteiger partial charge in [0.05, 0.1) is 23.4 Å². The lowest BCUT2D eigenvalue weighted by Gasteiger charge is -2.28. The number of anilines is 1. The van der Waals surface area contributed by atoms with E-state index in [-0.39, 0.29) is 18.0 Å². The van der Waals surface area contributed by atoms with E-state index in [4.69, 9.17) is 16.3 Å². The third-order valence-corrected chi connectivity index (χ3v) is 9.02. The van der Waals surface area contributed by atoms with Crippen LogP contribution in [0.15, 0.2) is 53.4 Å². The van der Waals surface area contributed by atoms with E-state index in [2.05, 4.69) is 5.32 Å². The number of piperidine rings is 1. The summed E-state index contributed by atoms with van der Waals surface area (Å²) in [4.78, 5) is 12.8. The highest BCUT2D eigenvalue weighted by atomic mass is 35.5. The lowest BCUT2D eigenvalue weighted by atomic mass is 10.2. The van der Waals surface area contributed by atoms with E-state index in [1.54, 1.807) is 24.3 Å². The zero-order valence-electron chi connectivity index (χ0n) is 19.7. The van der Waals surface area contributed by atoms with Gasteiger partial charge in [0.25, 0.3) is 0 Å². The van der Waals surface area contributed by atoms with Crippen molar-refractivity contribution in [1.82, 2.24) is 9.62 Å². The third-order valence-electron chi connectivity index (χ3n) is 5.62. The van der Waals surface area contributed by atoms with Gasteiger partial charge in [0, 0.05) is 18.1 Å². The number of benzene rings is 2. The van der Waals surface area contributed by atoms with Crippen LogP contribution in [0.4, 0.5) is 5.69 Å². The quantitative estimate of drug-likeness (QED) is 0.461. The fourth-order valence-electron chi connectivity index (χ4n) is 3.85. The molecule has 1 fully saturated rings. The fourth-order valence-corrected chi connectivity index (χ4v) is 6.67. The summed E-state index contributed by atoms with van der Waals surface area (Å²) in [6, 6.07) is 11.3. The monoisotopic (exact) mass is 543 g/mol. The lowest BCUT2D eigenvalue weighted by molar-refractivity contribution is -0.121. The highest BCUT2D eigenvalue weighted by Gasteiger charge is 2.29. The van der Waals surface area contributed by atoms with Crippen LogP contribution in [0, 0.1) is 0 Å². The van der Waals surface area contributed by atoms with Gasteiger partial charge in [-0.15, -0.1) is 0 Å². The summed E-state index contributed by atoms with van der Waals surface area (Å²) in [5, 5.41) is 3.12. The smallest absolute Gasteiger partial charge is 0.243 e. The summed E-state index contributed by atoms with van der Waals surface area (Å²) in [5.41, 5.74) is 0.329. The van der Waals surface area contributed by atoms with Crippen molar-refractivity contribution >= 4 is 43.2 Å². The molecule has 1 aliphatic heterocycles. The van der Waals surface area contributed by atoms with Gasteiger partial charge in [-0.3, -0.25) is 9.10 Å². The number of hydrogen-bond donors (Lipinski definition) is 1. The van der Waals surface area contributed by atoms with Gasteiger partial charge in [-0.2, -0.15) is 4.31 Å². The molecule has 1 amide bonds. The van der Waals surface area contributed by atoms with Crippen LogP contribution in [0.2, 0.25) is 5.02 Å². The van der Waals surface area contributed by atoms with Crippen LogP contribution >= 0.6 is 11.6 Å². The molecule has 2 aromatic rings. The van der Waals surface area contributed by atoms with Crippen molar-refractivity contribution in [2.45, 2.75) is 37.1 Å². The number of rotatable bonds is 10. The number of amides is 1. The largest absolute Gasteiger partial charge is 0.492 e. The average Bonchev–Trinajstić information content (AvgIpc) is 2.83. The van der Waals surface area contributed by atoms with Gasteiger partial charge in [-0.05, 0) is 68.3 Å². The van der Waals surface area contributed by atoms with Crippen LogP contribution in [0.25, 0.3) is 0 Å². The molecular weight excluding hydrogens is 514 g/mol. The molecule has 1 heterocycles. The van der Waals surface area contributed by atoms with Crippen molar-refractivity contribution in [2.24, 2.45) is 0 Å². The van der Waals surface area contributed by atoms with Crippen molar-refractivity contribution in [3.8, 4) is 5.75 Å². The van der Waals surface area contributed by atoms with Crippen LogP contribution in [0.1, 0.15) is 26.2 Å². The van der Waals surface area contributed by atoms with E-state index >= 15 is 0 Å². The van der Waals surface area contributed by atoms with Gasteiger partial charge >= 0.3 is 0 Å². The Kier molecular flexibility index (Phi) is 9.03. The van der Waals surface area contributed by atoms with Gasteiger partial charge in [-0.25, -0.2) is 16.8 Å². The Morgan fingerprint density at radius 1 is 1.03 bits per heavy atom. The normalized spacial score (nSPS) is 15.9. The Balaban J connectivity index is 1.53. The summed E-state index contributed by atoms with van der Waals surface area (Å²) < 4.78 is 58.2. The molecule has 0 spiro atoms. The van der Waals surface area contributed by atoms with Crippen molar-refractivity contribution in [3.05, 3.63) is 53.6 Å². The van der Waals surface area contributed by atoms with Crippen molar-refractivity contribution in [3.63, 3.8) is 0 Å². The number of carbonyl (C=O) groups excluding carboxylic acids is 1. The number of nitrogens with zero attached hydrogens (tertiary/aromatic N) is 2. The van der Waals surface area contributed by atoms with Crippen molar-refractivity contribution in [2.75, 3.05) is 36.8 Å². The molecule has 3 rings (SSSR count). The molecule has 1 atom stereocenters. The van der Waals surface area contributed by atoms with E-state index in [9.17, 15) is 21.6 Å². The minimum atomic E-state index is -3.73. The summed E-state index contributed by atoms with van der Waals surface area (Å²) in [6.45, 7) is 2.82. The second-order valence-electron chi connectivity index (χ2n) is 8.29. The van der Waals surface area contributed by atoms with Crippen LogP contribution in [-0.2, 0) is 24.8 Å². The Morgan fingerprint density at radius 3 is 2.20 bits per heavy atom. The van der Waals surface area contributed by atoms with E-state index in [1.165, 1.54) is 35.5 Å². The summed E-state index contributed by atoms with van der Waals surface area (Å²) >= 11 is 5.88. The Morgan fingerprint density at radius 2 is 1.63 bits per heavy atom. The second-order valence-corrected chi connectivity index (χ2v) is 12.5. The van der Waals surface area contributed by atoms with Gasteiger partial charge < -0.3 is 10.1 Å². The van der Waals surface area contributed by atoms with E-state index in [0.717, 1.165) is 29.8 Å². The second kappa shape index (κ2) is 11.6. The maximum absolute atomic E-state index is 12.7. The Bertz CT molecular complexity index is 1210. The molecule has 0 aromatic heterocycles. The zero-order chi connectivity index (χ0) is 25.6. The fraction of sp³-hybridized carbons (Fsp3) is 0.435. The first kappa shape index (κ1) is 27.3. The first-order chi connectivity index (χ1) is 16.5. The number of ether oxygens (including phenoxy) is 1. The highest BCUT2D eigenvalue weighted by molar-refractivity contribution is 7.92. The SMILES string of the molecule is CC(C(=O)NCCOc1ccc(S(=O)(=O)N2CCCCC2)cc1)N(c1ccc(Cl)cc1)S(C)(=O)=O. The summed E-state index contributed by atoms with van der Waals surface area (Å²) in [5.74, 6) is -0.0271. The molecule has 1 N–H and O–H groups in total. The molecular formula is C23H30ClN3O6S2. The highest BCUT2D eigenvalue weighted by Crippen LogP contribution is 2.24. The molecule has 0 bridgehead atoms. The van der Waals surface area contributed by atoms with Crippen LogP contribution in [-0.4, -0.2) is 65.6 Å². The minimum Gasteiger partial charge on any atom is -0.492 e. The van der Waals surface area contributed by atoms with E-state index < -0.39 is 32.0 Å². The molecule has 192 valence electrons. The summed E-state index contributed by atoms with van der Waals surface area (Å²) in [6.07, 6.45) is 3.81. The maximum Gasteiger partial charge on any atom is 0.243 e. The van der Waals surface area contributed by atoms with Crippen molar-refractivity contribution in [1.29, 1.82) is 0 Å². The minimum absolute atomic E-state index is 0.122. The third kappa shape index (κ3) is 7.09. The van der Waals surface area contributed by atoms with E-state index in [1.807, 2.05) is 0 Å². The molecule has 1 unspecified atom stereocenters. The number of halogens is 1. The van der Waals surface area contributed by atoms with Gasteiger partial charge in [0.15, 0.2) is 0 Å². The number of sulfonamides is 2. The maximum atomic E-state index is 12.7. The first-order valence-corrected chi connectivity index (χ1v) is 14.9. The molecule has 2 aromatic carbocycles. The van der Waals surface area contributed by atoms with Crippen LogP contribution in [0.3, 0.4) is 0 Å². The topological polar surface area (TPSA) is 113 Å². The molecule has 12 heteroatoms. The molecule has 0 radical (unpaired) electrons. The molecule has 0 aliphatic carbocycles. The van der Waals surface area contributed by atoms with Gasteiger partial charge in [0.2, 0.25) is 26.0 Å². The molecule has 35 heavy (non-hydrogen) atoms. The lowest BCUT2D eigenvalue weighted by Crippen LogP contribution is -2.48. The van der Waals surface area contributed by atoms with Crippen molar-refractivity contribution < 1.29 is 26.4 Å². The molecule has 9 nitrogen and oxygen atoms in total. The number of hydrogen-bond acceptors (Lipinski definition) is 6. The summed E-state index contributed by atoms with van der Waals surface area (Å²) in [7, 11) is -7.24.